The van der Waals surface area contributed by atoms with E-state index in [1.165, 1.54) is 18.3 Å². The second-order valence-electron chi connectivity index (χ2n) is 3.79. The Morgan fingerprint density at radius 3 is 2.25 bits per heavy atom. The van der Waals surface area contributed by atoms with Crippen molar-refractivity contribution in [1.29, 1.82) is 0 Å². The highest BCUT2D eigenvalue weighted by molar-refractivity contribution is 6.40. The maximum Gasteiger partial charge on any atom is 0.354 e. The largest absolute Gasteiger partial charge is 0.477 e. The normalized spacial score (nSPS) is 10.1. The molecular weight excluding hydrogens is 303 g/mol. The Morgan fingerprint density at radius 1 is 1.10 bits per heavy atom. The van der Waals surface area contributed by atoms with E-state index >= 15 is 0 Å². The molecule has 0 atom stereocenters. The zero-order valence-electron chi connectivity index (χ0n) is 9.93. The fourth-order valence-electron chi connectivity index (χ4n) is 1.46. The molecule has 2 N–H and O–H groups in total. The molecule has 0 bridgehead atoms. The summed E-state index contributed by atoms with van der Waals surface area (Å²) in [6.45, 7) is 0. The minimum atomic E-state index is -1.16. The number of benzene rings is 1. The number of carboxylic acids is 1. The van der Waals surface area contributed by atoms with Gasteiger partial charge in [0.1, 0.15) is 5.69 Å². The minimum Gasteiger partial charge on any atom is -0.477 e. The van der Waals surface area contributed by atoms with E-state index in [4.69, 9.17) is 28.3 Å². The molecule has 0 unspecified atom stereocenters. The summed E-state index contributed by atoms with van der Waals surface area (Å²) in [4.78, 5) is 26.3. The predicted molar refractivity (Wildman–Crippen MR) is 75.6 cm³/mol. The standard InChI is InChI=1S/C13H8Cl2N2O3/c14-8-2-1-3-9(15)11(8)17-12(18)7-4-5-10(13(19)20)16-6-7/h1-6H,(H,17,18)(H,19,20). The molecule has 20 heavy (non-hydrogen) atoms. The molecular formula is C13H8Cl2N2O3. The summed E-state index contributed by atoms with van der Waals surface area (Å²) in [5.41, 5.74) is 0.353. The summed E-state index contributed by atoms with van der Waals surface area (Å²) in [5, 5.41) is 11.9. The Bertz CT molecular complexity index is 652. The first-order valence-electron chi connectivity index (χ1n) is 5.44. The summed E-state index contributed by atoms with van der Waals surface area (Å²) in [6, 6.07) is 7.44. The first-order chi connectivity index (χ1) is 9.49. The molecule has 1 heterocycles. The van der Waals surface area contributed by atoms with Gasteiger partial charge in [0.2, 0.25) is 0 Å². The van der Waals surface area contributed by atoms with Crippen molar-refractivity contribution in [2.75, 3.05) is 5.32 Å². The van der Waals surface area contributed by atoms with Crippen molar-refractivity contribution in [2.24, 2.45) is 0 Å². The number of aromatic nitrogens is 1. The third-order valence-electron chi connectivity index (χ3n) is 2.45. The molecule has 102 valence electrons. The van der Waals surface area contributed by atoms with Gasteiger partial charge in [0, 0.05) is 6.20 Å². The summed E-state index contributed by atoms with van der Waals surface area (Å²) in [6.07, 6.45) is 1.17. The zero-order chi connectivity index (χ0) is 14.7. The lowest BCUT2D eigenvalue weighted by Gasteiger charge is -2.08. The van der Waals surface area contributed by atoms with Crippen LogP contribution in [0.15, 0.2) is 36.5 Å². The number of rotatable bonds is 3. The molecule has 0 aliphatic heterocycles. The first-order valence-corrected chi connectivity index (χ1v) is 6.19. The maximum atomic E-state index is 12.0. The second-order valence-corrected chi connectivity index (χ2v) is 4.60. The second kappa shape index (κ2) is 5.90. The van der Waals surface area contributed by atoms with Crippen LogP contribution in [0.5, 0.6) is 0 Å². The predicted octanol–water partition coefficient (Wildman–Crippen LogP) is 3.34. The number of halogens is 2. The van der Waals surface area contributed by atoms with Gasteiger partial charge in [0.05, 0.1) is 21.3 Å². The average Bonchev–Trinajstić information content (AvgIpc) is 2.43. The van der Waals surface area contributed by atoms with Crippen molar-refractivity contribution in [3.8, 4) is 0 Å². The van der Waals surface area contributed by atoms with E-state index in [1.807, 2.05) is 0 Å². The van der Waals surface area contributed by atoms with Crippen LogP contribution in [0, 0.1) is 0 Å². The number of carbonyl (C=O) groups excluding carboxylic acids is 1. The van der Waals surface area contributed by atoms with E-state index in [2.05, 4.69) is 10.3 Å². The quantitative estimate of drug-likeness (QED) is 0.911. The van der Waals surface area contributed by atoms with E-state index in [-0.39, 0.29) is 11.3 Å². The summed E-state index contributed by atoms with van der Waals surface area (Å²) in [5.74, 6) is -1.64. The lowest BCUT2D eigenvalue weighted by Crippen LogP contribution is -2.13. The van der Waals surface area contributed by atoms with E-state index in [0.717, 1.165) is 0 Å². The lowest BCUT2D eigenvalue weighted by atomic mass is 10.2. The van der Waals surface area contributed by atoms with Crippen LogP contribution in [0.2, 0.25) is 10.0 Å². The van der Waals surface area contributed by atoms with E-state index in [1.54, 1.807) is 18.2 Å². The molecule has 0 aliphatic rings. The van der Waals surface area contributed by atoms with Gasteiger partial charge in [0.15, 0.2) is 0 Å². The fourth-order valence-corrected chi connectivity index (χ4v) is 1.95. The van der Waals surface area contributed by atoms with Crippen molar-refractivity contribution in [3.05, 3.63) is 57.8 Å². The number of anilines is 1. The summed E-state index contributed by atoms with van der Waals surface area (Å²) < 4.78 is 0. The van der Waals surface area contributed by atoms with Crippen molar-refractivity contribution in [2.45, 2.75) is 0 Å². The Hall–Kier alpha value is -2.11. The summed E-state index contributed by atoms with van der Waals surface area (Å²) >= 11 is 11.9. The van der Waals surface area contributed by atoms with Gasteiger partial charge in [-0.25, -0.2) is 9.78 Å². The Kier molecular flexibility index (Phi) is 4.22. The molecule has 5 nitrogen and oxygen atoms in total. The van der Waals surface area contributed by atoms with Gasteiger partial charge < -0.3 is 10.4 Å². The molecule has 2 aromatic rings. The monoisotopic (exact) mass is 310 g/mol. The molecule has 1 aromatic heterocycles. The molecule has 0 spiro atoms. The average molecular weight is 311 g/mol. The fraction of sp³-hybridized carbons (Fsp3) is 0. The van der Waals surface area contributed by atoms with Gasteiger partial charge in [-0.15, -0.1) is 0 Å². The van der Waals surface area contributed by atoms with Crippen molar-refractivity contribution in [1.82, 2.24) is 4.98 Å². The first kappa shape index (κ1) is 14.3. The molecule has 7 heteroatoms. The number of carboxylic acid groups (broad SMARTS) is 1. The van der Waals surface area contributed by atoms with Crippen LogP contribution in [0.1, 0.15) is 20.8 Å². The number of aromatic carboxylic acids is 1. The number of carbonyl (C=O) groups is 2. The Balaban J connectivity index is 2.22. The number of amides is 1. The molecule has 0 aliphatic carbocycles. The highest BCUT2D eigenvalue weighted by atomic mass is 35.5. The van der Waals surface area contributed by atoms with Gasteiger partial charge in [-0.3, -0.25) is 4.79 Å². The molecule has 0 saturated heterocycles. The number of para-hydroxylation sites is 1. The molecule has 2 rings (SSSR count). The number of hydrogen-bond donors (Lipinski definition) is 2. The van der Waals surface area contributed by atoms with Crippen molar-refractivity contribution < 1.29 is 14.7 Å². The number of nitrogens with zero attached hydrogens (tertiary/aromatic N) is 1. The van der Waals surface area contributed by atoms with E-state index in [0.29, 0.717) is 15.7 Å². The zero-order valence-corrected chi connectivity index (χ0v) is 11.4. The third kappa shape index (κ3) is 3.07. The van der Waals surface area contributed by atoms with Crippen LogP contribution >= 0.6 is 23.2 Å². The van der Waals surface area contributed by atoms with E-state index in [9.17, 15) is 9.59 Å². The minimum absolute atomic E-state index is 0.141. The number of nitrogens with one attached hydrogen (secondary N) is 1. The van der Waals surface area contributed by atoms with Crippen molar-refractivity contribution >= 4 is 40.8 Å². The van der Waals surface area contributed by atoms with Crippen LogP contribution in [-0.4, -0.2) is 22.0 Å². The highest BCUT2D eigenvalue weighted by Gasteiger charge is 2.12. The molecule has 0 fully saturated rings. The van der Waals surface area contributed by atoms with Crippen LogP contribution in [-0.2, 0) is 0 Å². The van der Waals surface area contributed by atoms with Gasteiger partial charge in [-0.1, -0.05) is 29.3 Å². The molecule has 1 aromatic carbocycles. The highest BCUT2D eigenvalue weighted by Crippen LogP contribution is 2.30. The van der Waals surface area contributed by atoms with Crippen LogP contribution < -0.4 is 5.32 Å². The molecule has 1 amide bonds. The van der Waals surface area contributed by atoms with Crippen LogP contribution in [0.25, 0.3) is 0 Å². The van der Waals surface area contributed by atoms with Crippen LogP contribution in [0.4, 0.5) is 5.69 Å². The van der Waals surface area contributed by atoms with Crippen molar-refractivity contribution in [3.63, 3.8) is 0 Å². The third-order valence-corrected chi connectivity index (χ3v) is 3.08. The molecule has 0 saturated carbocycles. The number of pyridine rings is 1. The van der Waals surface area contributed by atoms with E-state index < -0.39 is 11.9 Å². The maximum absolute atomic E-state index is 12.0. The molecule has 0 radical (unpaired) electrons. The lowest BCUT2D eigenvalue weighted by molar-refractivity contribution is 0.0690. The SMILES string of the molecule is O=C(Nc1c(Cl)cccc1Cl)c1ccc(C(=O)O)nc1. The smallest absolute Gasteiger partial charge is 0.354 e. The topological polar surface area (TPSA) is 79.3 Å². The van der Waals surface area contributed by atoms with Gasteiger partial charge >= 0.3 is 5.97 Å². The number of hydrogen-bond acceptors (Lipinski definition) is 3. The van der Waals surface area contributed by atoms with Gasteiger partial charge in [-0.05, 0) is 24.3 Å². The summed E-state index contributed by atoms with van der Waals surface area (Å²) in [7, 11) is 0. The van der Waals surface area contributed by atoms with Crippen LogP contribution in [0.3, 0.4) is 0 Å². The Morgan fingerprint density at radius 2 is 1.75 bits per heavy atom. The van der Waals surface area contributed by atoms with Gasteiger partial charge in [-0.2, -0.15) is 0 Å². The van der Waals surface area contributed by atoms with Gasteiger partial charge in [0.25, 0.3) is 5.91 Å². The Labute approximate surface area is 124 Å².